The van der Waals surface area contributed by atoms with Crippen molar-refractivity contribution in [2.24, 2.45) is 17.6 Å². The van der Waals surface area contributed by atoms with Crippen LogP contribution in [-0.2, 0) is 0 Å². The molecule has 2 N–H and O–H groups in total. The Morgan fingerprint density at radius 1 is 1.37 bits per heavy atom. The summed E-state index contributed by atoms with van der Waals surface area (Å²) in [4.78, 5) is 0. The van der Waals surface area contributed by atoms with Gasteiger partial charge < -0.3 is 10.5 Å². The van der Waals surface area contributed by atoms with E-state index < -0.39 is 0 Å². The van der Waals surface area contributed by atoms with E-state index in [-0.39, 0.29) is 6.10 Å². The molecular formula is C16H24ClNO. The van der Waals surface area contributed by atoms with Gasteiger partial charge >= 0.3 is 0 Å². The van der Waals surface area contributed by atoms with Gasteiger partial charge in [-0.15, -0.1) is 0 Å². The lowest BCUT2D eigenvalue weighted by atomic mass is 9.78. The minimum absolute atomic E-state index is 0.244. The molecule has 0 heterocycles. The molecule has 106 valence electrons. The lowest BCUT2D eigenvalue weighted by Crippen LogP contribution is -2.38. The predicted molar refractivity (Wildman–Crippen MR) is 80.7 cm³/mol. The van der Waals surface area contributed by atoms with Gasteiger partial charge in [-0.3, -0.25) is 0 Å². The number of halogens is 1. The zero-order valence-electron chi connectivity index (χ0n) is 11.6. The third-order valence-corrected chi connectivity index (χ3v) is 4.36. The smallest absolute Gasteiger partial charge is 0.121 e. The molecule has 3 atom stereocenters. The molecule has 3 heteroatoms. The molecule has 1 aliphatic carbocycles. The number of nitrogens with two attached hydrogens (primary N) is 1. The normalized spacial score (nSPS) is 27.2. The maximum absolute atomic E-state index is 6.15. The van der Waals surface area contributed by atoms with Crippen LogP contribution in [0.4, 0.5) is 0 Å². The highest BCUT2D eigenvalue weighted by Gasteiger charge is 2.30. The maximum Gasteiger partial charge on any atom is 0.121 e. The highest BCUT2D eigenvalue weighted by Crippen LogP contribution is 2.34. The van der Waals surface area contributed by atoms with Gasteiger partial charge in [0, 0.05) is 10.9 Å². The molecule has 0 spiro atoms. The predicted octanol–water partition coefficient (Wildman–Crippen LogP) is 4.26. The molecular weight excluding hydrogens is 258 g/mol. The second-order valence-corrected chi connectivity index (χ2v) is 6.01. The van der Waals surface area contributed by atoms with Crippen LogP contribution >= 0.6 is 11.6 Å². The summed E-state index contributed by atoms with van der Waals surface area (Å²) < 4.78 is 6.15. The zero-order valence-corrected chi connectivity index (χ0v) is 12.4. The van der Waals surface area contributed by atoms with Gasteiger partial charge in [0.1, 0.15) is 11.9 Å². The van der Waals surface area contributed by atoms with E-state index in [1.165, 1.54) is 25.7 Å². The van der Waals surface area contributed by atoms with Crippen molar-refractivity contribution >= 4 is 11.6 Å². The van der Waals surface area contributed by atoms with Crippen molar-refractivity contribution in [1.29, 1.82) is 0 Å². The molecule has 3 unspecified atom stereocenters. The molecule has 1 aliphatic rings. The summed E-state index contributed by atoms with van der Waals surface area (Å²) in [6.07, 6.45) is 6.41. The highest BCUT2D eigenvalue weighted by atomic mass is 35.5. The number of hydrogen-bond donors (Lipinski definition) is 1. The molecule has 0 saturated heterocycles. The molecule has 0 aliphatic heterocycles. The van der Waals surface area contributed by atoms with Crippen LogP contribution in [-0.4, -0.2) is 12.6 Å². The minimum Gasteiger partial charge on any atom is -0.490 e. The SMILES string of the molecule is CCCC1CCC(CN)C(Oc2cccc(Cl)c2)C1. The van der Waals surface area contributed by atoms with Crippen LogP contribution in [0.15, 0.2) is 24.3 Å². The van der Waals surface area contributed by atoms with Gasteiger partial charge in [0.2, 0.25) is 0 Å². The van der Waals surface area contributed by atoms with Crippen molar-refractivity contribution in [2.75, 3.05) is 6.54 Å². The molecule has 1 saturated carbocycles. The first-order chi connectivity index (χ1) is 9.22. The van der Waals surface area contributed by atoms with E-state index in [1.54, 1.807) is 0 Å². The summed E-state index contributed by atoms with van der Waals surface area (Å²) in [6, 6.07) is 7.67. The summed E-state index contributed by atoms with van der Waals surface area (Å²) in [5, 5.41) is 0.725. The van der Waals surface area contributed by atoms with Crippen molar-refractivity contribution in [1.82, 2.24) is 0 Å². The molecule has 2 rings (SSSR count). The monoisotopic (exact) mass is 281 g/mol. The lowest BCUT2D eigenvalue weighted by Gasteiger charge is -2.35. The summed E-state index contributed by atoms with van der Waals surface area (Å²) >= 11 is 6.01. The van der Waals surface area contributed by atoms with Crippen molar-refractivity contribution in [3.63, 3.8) is 0 Å². The van der Waals surface area contributed by atoms with Gasteiger partial charge in [-0.2, -0.15) is 0 Å². The molecule has 0 amide bonds. The van der Waals surface area contributed by atoms with E-state index in [1.807, 2.05) is 24.3 Å². The van der Waals surface area contributed by atoms with Crippen LogP contribution in [0.1, 0.15) is 39.0 Å². The molecule has 19 heavy (non-hydrogen) atoms. The standard InChI is InChI=1S/C16H24ClNO/c1-2-4-12-7-8-13(11-18)16(9-12)19-15-6-3-5-14(17)10-15/h3,5-6,10,12-13,16H,2,4,7-9,11,18H2,1H3. The van der Waals surface area contributed by atoms with Gasteiger partial charge in [-0.05, 0) is 49.9 Å². The summed E-state index contributed by atoms with van der Waals surface area (Å²) in [5.74, 6) is 2.14. The van der Waals surface area contributed by atoms with Crippen molar-refractivity contribution < 1.29 is 4.74 Å². The first kappa shape index (κ1) is 14.7. The maximum atomic E-state index is 6.15. The second kappa shape index (κ2) is 7.16. The van der Waals surface area contributed by atoms with Crippen LogP contribution in [0.3, 0.4) is 0 Å². The number of benzene rings is 1. The summed E-state index contributed by atoms with van der Waals surface area (Å²) in [6.45, 7) is 2.96. The van der Waals surface area contributed by atoms with E-state index in [2.05, 4.69) is 6.92 Å². The molecule has 0 aromatic heterocycles. The Balaban J connectivity index is 2.01. The van der Waals surface area contributed by atoms with E-state index in [0.29, 0.717) is 12.5 Å². The third-order valence-electron chi connectivity index (χ3n) is 4.12. The lowest BCUT2D eigenvalue weighted by molar-refractivity contribution is 0.0669. The minimum atomic E-state index is 0.244. The quantitative estimate of drug-likeness (QED) is 0.875. The average molecular weight is 282 g/mol. The van der Waals surface area contributed by atoms with Crippen molar-refractivity contribution in [3.8, 4) is 5.75 Å². The van der Waals surface area contributed by atoms with E-state index in [0.717, 1.165) is 23.1 Å². The fourth-order valence-electron chi connectivity index (χ4n) is 3.07. The Labute approximate surface area is 121 Å². The molecule has 0 bridgehead atoms. The Hall–Kier alpha value is -0.730. The largest absolute Gasteiger partial charge is 0.490 e. The van der Waals surface area contributed by atoms with Crippen LogP contribution in [0.25, 0.3) is 0 Å². The number of ether oxygens (including phenoxy) is 1. The summed E-state index contributed by atoms with van der Waals surface area (Å²) in [7, 11) is 0. The Morgan fingerprint density at radius 3 is 2.89 bits per heavy atom. The Bertz CT molecular complexity index is 396. The summed E-state index contributed by atoms with van der Waals surface area (Å²) in [5.41, 5.74) is 5.89. The first-order valence-electron chi connectivity index (χ1n) is 7.35. The topological polar surface area (TPSA) is 35.2 Å². The second-order valence-electron chi connectivity index (χ2n) is 5.58. The van der Waals surface area contributed by atoms with Gasteiger partial charge in [-0.1, -0.05) is 37.4 Å². The number of hydrogen-bond acceptors (Lipinski definition) is 2. The van der Waals surface area contributed by atoms with Gasteiger partial charge in [0.25, 0.3) is 0 Å². The van der Waals surface area contributed by atoms with Crippen LogP contribution < -0.4 is 10.5 Å². The van der Waals surface area contributed by atoms with Crippen molar-refractivity contribution in [2.45, 2.75) is 45.1 Å². The molecule has 2 nitrogen and oxygen atoms in total. The van der Waals surface area contributed by atoms with E-state index >= 15 is 0 Å². The highest BCUT2D eigenvalue weighted by molar-refractivity contribution is 6.30. The van der Waals surface area contributed by atoms with E-state index in [9.17, 15) is 0 Å². The molecule has 1 fully saturated rings. The Morgan fingerprint density at radius 2 is 2.21 bits per heavy atom. The van der Waals surface area contributed by atoms with Gasteiger partial charge in [0.05, 0.1) is 0 Å². The van der Waals surface area contributed by atoms with Crippen molar-refractivity contribution in [3.05, 3.63) is 29.3 Å². The van der Waals surface area contributed by atoms with Crippen LogP contribution in [0, 0.1) is 11.8 Å². The molecule has 0 radical (unpaired) electrons. The van der Waals surface area contributed by atoms with E-state index in [4.69, 9.17) is 22.1 Å². The average Bonchev–Trinajstić information content (AvgIpc) is 2.39. The van der Waals surface area contributed by atoms with Gasteiger partial charge in [0.15, 0.2) is 0 Å². The fraction of sp³-hybridized carbons (Fsp3) is 0.625. The van der Waals surface area contributed by atoms with Crippen LogP contribution in [0.2, 0.25) is 5.02 Å². The Kier molecular flexibility index (Phi) is 5.53. The van der Waals surface area contributed by atoms with Crippen LogP contribution in [0.5, 0.6) is 5.75 Å². The number of rotatable bonds is 5. The van der Waals surface area contributed by atoms with Gasteiger partial charge in [-0.25, -0.2) is 0 Å². The zero-order chi connectivity index (χ0) is 13.7. The first-order valence-corrected chi connectivity index (χ1v) is 7.73. The fourth-order valence-corrected chi connectivity index (χ4v) is 3.25. The molecule has 1 aromatic rings. The third kappa shape index (κ3) is 4.12. The molecule has 1 aromatic carbocycles.